The van der Waals surface area contributed by atoms with Crippen LogP contribution in [-0.4, -0.2) is 29.1 Å². The number of aryl methyl sites for hydroxylation is 2. The Bertz CT molecular complexity index is 645. The molecular weight excluding hydrogens is 264 g/mol. The largest absolute Gasteiger partial charge is 0.396 e. The van der Waals surface area contributed by atoms with Gasteiger partial charge in [-0.3, -0.25) is 0 Å². The quantitative estimate of drug-likeness (QED) is 0.897. The van der Waals surface area contributed by atoms with Crippen LogP contribution in [0.5, 0.6) is 0 Å². The molecular formula is C13H16N2O3S. The fourth-order valence-corrected chi connectivity index (χ4v) is 3.12. The first-order valence-corrected chi connectivity index (χ1v) is 7.45. The standard InChI is InChI=1S/C13H16N2O3S/c1-11-4-6-12(7-5-11)19(17,18)15-9-8-14-13(15)3-2-10-16/h4-9,16H,2-3,10H2,1H3. The molecule has 1 aromatic heterocycles. The van der Waals surface area contributed by atoms with Crippen LogP contribution in [-0.2, 0) is 16.4 Å². The van der Waals surface area contributed by atoms with Gasteiger partial charge in [0.15, 0.2) is 0 Å². The molecule has 6 heteroatoms. The lowest BCUT2D eigenvalue weighted by molar-refractivity contribution is 0.287. The summed E-state index contributed by atoms with van der Waals surface area (Å²) in [6, 6.07) is 6.69. The minimum Gasteiger partial charge on any atom is -0.396 e. The first kappa shape index (κ1) is 13.8. The second kappa shape index (κ2) is 5.54. The van der Waals surface area contributed by atoms with Gasteiger partial charge in [0.1, 0.15) is 5.82 Å². The molecule has 2 rings (SSSR count). The van der Waals surface area contributed by atoms with Gasteiger partial charge in [0, 0.05) is 25.4 Å². The molecule has 1 heterocycles. The van der Waals surface area contributed by atoms with E-state index in [1.807, 2.05) is 6.92 Å². The third-order valence-corrected chi connectivity index (χ3v) is 4.53. The summed E-state index contributed by atoms with van der Waals surface area (Å²) in [7, 11) is -3.60. The Labute approximate surface area is 112 Å². The number of nitrogens with zero attached hydrogens (tertiary/aromatic N) is 2. The maximum Gasteiger partial charge on any atom is 0.269 e. The van der Waals surface area contributed by atoms with Crippen LogP contribution < -0.4 is 0 Å². The molecule has 0 aliphatic heterocycles. The number of imidazole rings is 1. The van der Waals surface area contributed by atoms with Gasteiger partial charge in [-0.05, 0) is 25.5 Å². The molecule has 19 heavy (non-hydrogen) atoms. The van der Waals surface area contributed by atoms with Crippen LogP contribution >= 0.6 is 0 Å². The number of hydrogen-bond donors (Lipinski definition) is 1. The number of rotatable bonds is 5. The van der Waals surface area contributed by atoms with Gasteiger partial charge in [-0.15, -0.1) is 0 Å². The fourth-order valence-electron chi connectivity index (χ4n) is 1.78. The van der Waals surface area contributed by atoms with E-state index < -0.39 is 10.0 Å². The van der Waals surface area contributed by atoms with Gasteiger partial charge in [-0.2, -0.15) is 0 Å². The van der Waals surface area contributed by atoms with Crippen molar-refractivity contribution >= 4 is 10.0 Å². The number of hydrogen-bond acceptors (Lipinski definition) is 4. The highest BCUT2D eigenvalue weighted by atomic mass is 32.2. The Hall–Kier alpha value is -1.66. The van der Waals surface area contributed by atoms with Crippen molar-refractivity contribution in [2.45, 2.75) is 24.7 Å². The van der Waals surface area contributed by atoms with E-state index in [1.54, 1.807) is 24.3 Å². The molecule has 2 aromatic rings. The second-order valence-corrected chi connectivity index (χ2v) is 6.10. The normalized spacial score (nSPS) is 11.7. The van der Waals surface area contributed by atoms with E-state index in [-0.39, 0.29) is 11.5 Å². The summed E-state index contributed by atoms with van der Waals surface area (Å²) < 4.78 is 26.1. The van der Waals surface area contributed by atoms with Crippen LogP contribution in [0.15, 0.2) is 41.6 Å². The van der Waals surface area contributed by atoms with Gasteiger partial charge >= 0.3 is 0 Å². The van der Waals surface area contributed by atoms with E-state index in [2.05, 4.69) is 4.98 Å². The Kier molecular flexibility index (Phi) is 4.01. The molecule has 0 unspecified atom stereocenters. The highest BCUT2D eigenvalue weighted by Gasteiger charge is 2.19. The smallest absolute Gasteiger partial charge is 0.269 e. The zero-order valence-electron chi connectivity index (χ0n) is 10.7. The van der Waals surface area contributed by atoms with Gasteiger partial charge in [0.25, 0.3) is 10.0 Å². The number of aliphatic hydroxyl groups is 1. The van der Waals surface area contributed by atoms with E-state index in [4.69, 9.17) is 5.11 Å². The molecule has 102 valence electrons. The van der Waals surface area contributed by atoms with Gasteiger partial charge in [0.2, 0.25) is 0 Å². The van der Waals surface area contributed by atoms with Crippen LogP contribution in [0.1, 0.15) is 17.8 Å². The average molecular weight is 280 g/mol. The molecule has 0 aliphatic carbocycles. The Morgan fingerprint density at radius 3 is 2.58 bits per heavy atom. The third kappa shape index (κ3) is 2.85. The zero-order valence-corrected chi connectivity index (χ0v) is 11.5. The first-order chi connectivity index (χ1) is 9.05. The van der Waals surface area contributed by atoms with Crippen molar-refractivity contribution in [2.75, 3.05) is 6.61 Å². The van der Waals surface area contributed by atoms with E-state index in [0.717, 1.165) is 5.56 Å². The summed E-state index contributed by atoms with van der Waals surface area (Å²) in [4.78, 5) is 4.27. The number of aliphatic hydroxyl groups excluding tert-OH is 1. The fraction of sp³-hybridized carbons (Fsp3) is 0.308. The summed E-state index contributed by atoms with van der Waals surface area (Å²) in [6.45, 7) is 1.91. The van der Waals surface area contributed by atoms with Crippen molar-refractivity contribution in [3.05, 3.63) is 48.0 Å². The van der Waals surface area contributed by atoms with E-state index in [0.29, 0.717) is 18.7 Å². The maximum absolute atomic E-state index is 12.5. The Morgan fingerprint density at radius 2 is 1.95 bits per heavy atom. The minimum absolute atomic E-state index is 0.0113. The van der Waals surface area contributed by atoms with Crippen molar-refractivity contribution < 1.29 is 13.5 Å². The van der Waals surface area contributed by atoms with Gasteiger partial charge in [0.05, 0.1) is 4.90 Å². The van der Waals surface area contributed by atoms with Crippen LogP contribution in [0.2, 0.25) is 0 Å². The molecule has 0 amide bonds. The van der Waals surface area contributed by atoms with E-state index >= 15 is 0 Å². The summed E-state index contributed by atoms with van der Waals surface area (Å²) in [5.41, 5.74) is 1.00. The molecule has 0 aliphatic rings. The predicted octanol–water partition coefficient (Wildman–Crippen LogP) is 1.35. The van der Waals surface area contributed by atoms with Crippen molar-refractivity contribution in [3.63, 3.8) is 0 Å². The molecule has 0 fully saturated rings. The SMILES string of the molecule is Cc1ccc(S(=O)(=O)n2ccnc2CCCO)cc1. The average Bonchev–Trinajstić information content (AvgIpc) is 2.86. The van der Waals surface area contributed by atoms with Crippen molar-refractivity contribution in [2.24, 2.45) is 0 Å². The van der Waals surface area contributed by atoms with Crippen molar-refractivity contribution in [3.8, 4) is 0 Å². The molecule has 0 spiro atoms. The van der Waals surface area contributed by atoms with Crippen LogP contribution in [0.4, 0.5) is 0 Å². The van der Waals surface area contributed by atoms with Crippen LogP contribution in [0.25, 0.3) is 0 Å². The van der Waals surface area contributed by atoms with E-state index in [1.165, 1.54) is 16.4 Å². The second-order valence-electron chi connectivity index (χ2n) is 4.28. The predicted molar refractivity (Wildman–Crippen MR) is 71.4 cm³/mol. The van der Waals surface area contributed by atoms with E-state index in [9.17, 15) is 8.42 Å². The molecule has 5 nitrogen and oxygen atoms in total. The van der Waals surface area contributed by atoms with Crippen molar-refractivity contribution in [1.82, 2.24) is 8.96 Å². The van der Waals surface area contributed by atoms with Gasteiger partial charge in [-0.1, -0.05) is 17.7 Å². The lowest BCUT2D eigenvalue weighted by Gasteiger charge is -2.09. The molecule has 0 radical (unpaired) electrons. The molecule has 1 aromatic carbocycles. The lowest BCUT2D eigenvalue weighted by atomic mass is 10.2. The van der Waals surface area contributed by atoms with Crippen LogP contribution in [0, 0.1) is 6.92 Å². The lowest BCUT2D eigenvalue weighted by Crippen LogP contribution is -2.15. The highest BCUT2D eigenvalue weighted by Crippen LogP contribution is 2.16. The van der Waals surface area contributed by atoms with Gasteiger partial charge in [-0.25, -0.2) is 17.4 Å². The van der Waals surface area contributed by atoms with Gasteiger partial charge < -0.3 is 5.11 Å². The first-order valence-electron chi connectivity index (χ1n) is 6.01. The maximum atomic E-state index is 12.5. The van der Waals surface area contributed by atoms with Crippen LogP contribution in [0.3, 0.4) is 0 Å². The summed E-state index contributed by atoms with van der Waals surface area (Å²) in [5, 5.41) is 8.82. The number of aromatic nitrogens is 2. The molecule has 0 saturated carbocycles. The summed E-state index contributed by atoms with van der Waals surface area (Å²) >= 11 is 0. The molecule has 1 N–H and O–H groups in total. The molecule has 0 bridgehead atoms. The minimum atomic E-state index is -3.60. The monoisotopic (exact) mass is 280 g/mol. The Balaban J connectivity index is 2.39. The third-order valence-electron chi connectivity index (χ3n) is 2.82. The van der Waals surface area contributed by atoms with Crippen molar-refractivity contribution in [1.29, 1.82) is 0 Å². The summed E-state index contributed by atoms with van der Waals surface area (Å²) in [5.74, 6) is 0.439. The topological polar surface area (TPSA) is 72.2 Å². The zero-order chi connectivity index (χ0) is 13.9. The molecule has 0 saturated heterocycles. The Morgan fingerprint density at radius 1 is 1.26 bits per heavy atom. The highest BCUT2D eigenvalue weighted by molar-refractivity contribution is 7.90. The number of benzene rings is 1. The molecule has 0 atom stereocenters. The summed E-state index contributed by atoms with van der Waals surface area (Å²) in [6.07, 6.45) is 3.80.